The maximum atomic E-state index is 13.9. The van der Waals surface area contributed by atoms with E-state index < -0.39 is 16.8 Å². The van der Waals surface area contributed by atoms with Gasteiger partial charge < -0.3 is 19.5 Å². The predicted octanol–water partition coefficient (Wildman–Crippen LogP) is 6.21. The Morgan fingerprint density at radius 3 is 2.48 bits per heavy atom. The lowest BCUT2D eigenvalue weighted by Crippen LogP contribution is -2.37. The normalized spacial score (nSPS) is 22.6. The number of esters is 1. The molecular weight excluding hydrogens is 536 g/mol. The molecule has 1 N–H and O–H groups in total. The minimum atomic E-state index is -0.985. The van der Waals surface area contributed by atoms with Crippen molar-refractivity contribution in [2.45, 2.75) is 69.8 Å². The lowest BCUT2D eigenvalue weighted by Gasteiger charge is -2.37. The number of allylic oxidation sites excluding steroid dienone is 3. The van der Waals surface area contributed by atoms with Crippen LogP contribution >= 0.6 is 11.6 Å². The number of ketones is 1. The second-order valence-electron chi connectivity index (χ2n) is 10.8. The van der Waals surface area contributed by atoms with Gasteiger partial charge in [0.2, 0.25) is 6.79 Å². The zero-order valence-electron chi connectivity index (χ0n) is 22.0. The van der Waals surface area contributed by atoms with E-state index in [0.717, 1.165) is 37.7 Å². The van der Waals surface area contributed by atoms with Crippen molar-refractivity contribution in [1.29, 1.82) is 0 Å². The number of ether oxygens (including phenoxy) is 3. The summed E-state index contributed by atoms with van der Waals surface area (Å²) in [6, 6.07) is 10.2. The van der Waals surface area contributed by atoms with Crippen molar-refractivity contribution >= 4 is 29.0 Å². The Hall–Kier alpha value is -3.85. The number of nitro benzene ring substituents is 1. The highest BCUT2D eigenvalue weighted by molar-refractivity contribution is 6.30. The van der Waals surface area contributed by atoms with Gasteiger partial charge in [-0.05, 0) is 68.7 Å². The molecule has 2 aromatic carbocycles. The molecule has 208 valence electrons. The van der Waals surface area contributed by atoms with Gasteiger partial charge in [0.05, 0.1) is 22.5 Å². The SMILES string of the molecule is CC1=C(C(=O)OC2CCCCC2)[C@@H](c2cc3c(cc2[N+](=O)[O-])OCO3)C2=C(C[C@@H](c3ccc(Cl)cc3)CC2=O)N1. The molecule has 0 aromatic heterocycles. The topological polar surface area (TPSA) is 117 Å². The molecule has 2 heterocycles. The Morgan fingerprint density at radius 1 is 1.07 bits per heavy atom. The predicted molar refractivity (Wildman–Crippen MR) is 146 cm³/mol. The molecule has 0 spiro atoms. The van der Waals surface area contributed by atoms with Crippen LogP contribution in [0.2, 0.25) is 5.02 Å². The highest BCUT2D eigenvalue weighted by Gasteiger charge is 2.45. The number of halogens is 1. The van der Waals surface area contributed by atoms with E-state index in [4.69, 9.17) is 25.8 Å². The highest BCUT2D eigenvalue weighted by Crippen LogP contribution is 2.50. The number of hydrogen-bond donors (Lipinski definition) is 1. The second kappa shape index (κ2) is 10.6. The Labute approximate surface area is 236 Å². The lowest BCUT2D eigenvalue weighted by atomic mass is 9.71. The fourth-order valence-corrected chi connectivity index (χ4v) is 6.45. The zero-order valence-corrected chi connectivity index (χ0v) is 22.8. The maximum Gasteiger partial charge on any atom is 0.337 e. The van der Waals surface area contributed by atoms with E-state index in [9.17, 15) is 19.7 Å². The van der Waals surface area contributed by atoms with E-state index in [1.807, 2.05) is 12.1 Å². The molecule has 10 heteroatoms. The molecule has 2 aliphatic heterocycles. The van der Waals surface area contributed by atoms with E-state index >= 15 is 0 Å². The third kappa shape index (κ3) is 4.83. The van der Waals surface area contributed by atoms with Gasteiger partial charge in [0.1, 0.15) is 6.10 Å². The third-order valence-corrected chi connectivity index (χ3v) is 8.50. The van der Waals surface area contributed by atoms with Gasteiger partial charge in [-0.2, -0.15) is 0 Å². The van der Waals surface area contributed by atoms with Crippen LogP contribution in [0.3, 0.4) is 0 Å². The summed E-state index contributed by atoms with van der Waals surface area (Å²) in [5.74, 6) is -1.24. The van der Waals surface area contributed by atoms with Gasteiger partial charge in [-0.3, -0.25) is 14.9 Å². The molecule has 4 aliphatic rings. The molecular formula is C30H29ClN2O7. The van der Waals surface area contributed by atoms with Crippen molar-refractivity contribution in [3.63, 3.8) is 0 Å². The first-order valence-corrected chi connectivity index (χ1v) is 14.0. The van der Waals surface area contributed by atoms with Crippen LogP contribution in [0.15, 0.2) is 58.9 Å². The van der Waals surface area contributed by atoms with E-state index in [1.54, 1.807) is 19.1 Å². The third-order valence-electron chi connectivity index (χ3n) is 8.24. The number of fused-ring (bicyclic) bond motifs is 1. The van der Waals surface area contributed by atoms with Gasteiger partial charge in [0, 0.05) is 34.0 Å². The molecule has 2 aromatic rings. The van der Waals surface area contributed by atoms with Gasteiger partial charge >= 0.3 is 5.97 Å². The lowest BCUT2D eigenvalue weighted by molar-refractivity contribution is -0.385. The molecule has 0 radical (unpaired) electrons. The van der Waals surface area contributed by atoms with Crippen molar-refractivity contribution in [3.05, 3.63) is 85.2 Å². The van der Waals surface area contributed by atoms with Crippen molar-refractivity contribution in [3.8, 4) is 11.5 Å². The fraction of sp³-hybridized carbons (Fsp3) is 0.400. The molecule has 2 atom stereocenters. The van der Waals surface area contributed by atoms with E-state index in [2.05, 4.69) is 5.32 Å². The minimum absolute atomic E-state index is 0.0662. The number of Topliss-reactive ketones (excluding diaryl/α,β-unsaturated/α-hetero) is 1. The van der Waals surface area contributed by atoms with Crippen LogP contribution in [0.5, 0.6) is 11.5 Å². The summed E-state index contributed by atoms with van der Waals surface area (Å²) < 4.78 is 16.9. The number of rotatable bonds is 5. The van der Waals surface area contributed by atoms with Gasteiger partial charge in [-0.15, -0.1) is 0 Å². The van der Waals surface area contributed by atoms with Crippen LogP contribution in [-0.4, -0.2) is 29.6 Å². The number of carbonyl (C=O) groups excluding carboxylic acids is 2. The number of nitrogens with one attached hydrogen (secondary N) is 1. The summed E-state index contributed by atoms with van der Waals surface area (Å²) in [5, 5.41) is 16.2. The van der Waals surface area contributed by atoms with Crippen molar-refractivity contribution < 1.29 is 28.7 Å². The first-order chi connectivity index (χ1) is 19.3. The summed E-state index contributed by atoms with van der Waals surface area (Å²) in [6.45, 7) is 1.69. The van der Waals surface area contributed by atoms with Crippen molar-refractivity contribution in [1.82, 2.24) is 5.32 Å². The number of hydrogen-bond acceptors (Lipinski definition) is 8. The fourth-order valence-electron chi connectivity index (χ4n) is 6.33. The Bertz CT molecular complexity index is 1460. The van der Waals surface area contributed by atoms with Gasteiger partial charge in [-0.1, -0.05) is 30.2 Å². The van der Waals surface area contributed by atoms with Gasteiger partial charge in [0.15, 0.2) is 17.3 Å². The van der Waals surface area contributed by atoms with Crippen LogP contribution in [0, 0.1) is 10.1 Å². The molecule has 0 unspecified atom stereocenters. The minimum Gasteiger partial charge on any atom is -0.459 e. The maximum absolute atomic E-state index is 13.9. The summed E-state index contributed by atoms with van der Waals surface area (Å²) in [5.41, 5.74) is 2.67. The Balaban J connectivity index is 1.46. The highest BCUT2D eigenvalue weighted by atomic mass is 35.5. The molecule has 0 saturated heterocycles. The molecule has 6 rings (SSSR count). The molecule has 1 saturated carbocycles. The first-order valence-electron chi connectivity index (χ1n) is 13.6. The monoisotopic (exact) mass is 564 g/mol. The molecule has 2 aliphatic carbocycles. The Morgan fingerprint density at radius 2 is 1.77 bits per heavy atom. The summed E-state index contributed by atoms with van der Waals surface area (Å²) in [7, 11) is 0. The quantitative estimate of drug-likeness (QED) is 0.258. The second-order valence-corrected chi connectivity index (χ2v) is 11.2. The van der Waals surface area contributed by atoms with Crippen molar-refractivity contribution in [2.24, 2.45) is 0 Å². The average molecular weight is 565 g/mol. The number of nitro groups is 1. The first kappa shape index (κ1) is 26.4. The summed E-state index contributed by atoms with van der Waals surface area (Å²) in [6.07, 6.45) is 5.08. The Kier molecular flexibility index (Phi) is 7.00. The number of dihydropyridines is 1. The van der Waals surface area contributed by atoms with Crippen LogP contribution in [0.25, 0.3) is 0 Å². The van der Waals surface area contributed by atoms with Crippen LogP contribution < -0.4 is 14.8 Å². The average Bonchev–Trinajstić information content (AvgIpc) is 3.40. The standard InChI is InChI=1S/C30H29ClN2O7/c1-16-27(30(35)40-20-5-3-2-4-6-20)28(21-13-25-26(39-15-38-25)14-23(21)33(36)37)29-22(32-16)11-18(12-24(29)34)17-7-9-19(31)10-8-17/h7-10,13-14,18,20,28,32H,2-6,11-12,15H2,1H3/t18-,28-/m1/s1. The van der Waals surface area contributed by atoms with Crippen LogP contribution in [0.1, 0.15) is 74.8 Å². The largest absolute Gasteiger partial charge is 0.459 e. The zero-order chi connectivity index (χ0) is 28.0. The van der Waals surface area contributed by atoms with Crippen molar-refractivity contribution in [2.75, 3.05) is 6.79 Å². The number of nitrogens with zero attached hydrogens (tertiary/aromatic N) is 1. The number of benzene rings is 2. The van der Waals surface area contributed by atoms with E-state index in [0.29, 0.717) is 34.2 Å². The molecule has 1 fully saturated rings. The number of carbonyl (C=O) groups is 2. The summed E-state index contributed by atoms with van der Waals surface area (Å²) >= 11 is 6.08. The van der Waals surface area contributed by atoms with E-state index in [-0.39, 0.29) is 53.6 Å². The molecule has 9 nitrogen and oxygen atoms in total. The smallest absolute Gasteiger partial charge is 0.337 e. The van der Waals surface area contributed by atoms with Crippen LogP contribution in [0.4, 0.5) is 5.69 Å². The molecule has 40 heavy (non-hydrogen) atoms. The summed E-state index contributed by atoms with van der Waals surface area (Å²) in [4.78, 5) is 39.5. The van der Waals surface area contributed by atoms with Crippen LogP contribution in [-0.2, 0) is 14.3 Å². The van der Waals surface area contributed by atoms with E-state index in [1.165, 1.54) is 12.1 Å². The van der Waals surface area contributed by atoms with Gasteiger partial charge in [-0.25, -0.2) is 4.79 Å². The molecule has 0 amide bonds. The molecule has 0 bridgehead atoms. The van der Waals surface area contributed by atoms with Gasteiger partial charge in [0.25, 0.3) is 5.69 Å².